The third-order valence-electron chi connectivity index (χ3n) is 11.6. The van der Waals surface area contributed by atoms with Crippen molar-refractivity contribution >= 4 is 92.3 Å². The standard InChI is InChI=1S/C54H34N2OS/c1-4-16-35(17-5-1)37-32-44(36-18-6-2-7-19-36)52-46(33-37)45-34-39(30-31-47(45)56(52)38-20-8-3-9-21-38)55(48-26-14-24-42-40-22-10-12-28-50(40)57-53(42)48)49-27-15-25-43-41-23-11-13-29-51(41)58-54(43)49/h1-34H. The zero-order valence-corrected chi connectivity index (χ0v) is 32.2. The molecule has 3 heterocycles. The van der Waals surface area contributed by atoms with E-state index in [0.29, 0.717) is 0 Å². The van der Waals surface area contributed by atoms with Gasteiger partial charge in [0.15, 0.2) is 5.58 Å². The van der Waals surface area contributed by atoms with Gasteiger partial charge in [0.2, 0.25) is 0 Å². The second-order valence-electron chi connectivity index (χ2n) is 14.9. The quantitative estimate of drug-likeness (QED) is 0.168. The Bertz CT molecular complexity index is 3390. The van der Waals surface area contributed by atoms with Crippen LogP contribution < -0.4 is 4.90 Å². The molecule has 9 aromatic carbocycles. The van der Waals surface area contributed by atoms with Crippen LogP contribution in [0.5, 0.6) is 0 Å². The van der Waals surface area contributed by atoms with E-state index in [1.54, 1.807) is 0 Å². The summed E-state index contributed by atoms with van der Waals surface area (Å²) in [5.74, 6) is 0. The maximum atomic E-state index is 6.79. The smallest absolute Gasteiger partial charge is 0.159 e. The number of fused-ring (bicyclic) bond motifs is 9. The molecule has 0 saturated heterocycles. The second kappa shape index (κ2) is 13.1. The molecule has 272 valence electrons. The normalized spacial score (nSPS) is 11.8. The van der Waals surface area contributed by atoms with E-state index < -0.39 is 0 Å². The lowest BCUT2D eigenvalue weighted by molar-refractivity contribution is 0.669. The number of thiophene rings is 1. The molecule has 0 radical (unpaired) electrons. The maximum absolute atomic E-state index is 6.79. The molecule has 4 heteroatoms. The van der Waals surface area contributed by atoms with Crippen LogP contribution in [-0.2, 0) is 0 Å². The molecule has 3 nitrogen and oxygen atoms in total. The summed E-state index contributed by atoms with van der Waals surface area (Å²) in [6.07, 6.45) is 0. The largest absolute Gasteiger partial charge is 0.454 e. The van der Waals surface area contributed by atoms with Crippen LogP contribution in [0.3, 0.4) is 0 Å². The molecule has 12 rings (SSSR count). The minimum Gasteiger partial charge on any atom is -0.454 e. The van der Waals surface area contributed by atoms with Gasteiger partial charge in [-0.15, -0.1) is 11.3 Å². The molecule has 0 unspecified atom stereocenters. The van der Waals surface area contributed by atoms with Crippen LogP contribution in [0.1, 0.15) is 0 Å². The van der Waals surface area contributed by atoms with Gasteiger partial charge in [0, 0.05) is 54.0 Å². The molecule has 0 amide bonds. The van der Waals surface area contributed by atoms with Crippen molar-refractivity contribution in [1.82, 2.24) is 4.57 Å². The van der Waals surface area contributed by atoms with Gasteiger partial charge in [0.25, 0.3) is 0 Å². The van der Waals surface area contributed by atoms with Crippen molar-refractivity contribution in [3.63, 3.8) is 0 Å². The summed E-state index contributed by atoms with van der Waals surface area (Å²) in [7, 11) is 0. The van der Waals surface area contributed by atoms with Crippen molar-refractivity contribution in [2.75, 3.05) is 4.90 Å². The topological polar surface area (TPSA) is 21.3 Å². The first-order valence-corrected chi connectivity index (χ1v) is 20.5. The number of hydrogen-bond acceptors (Lipinski definition) is 3. The highest BCUT2D eigenvalue weighted by molar-refractivity contribution is 7.26. The van der Waals surface area contributed by atoms with Gasteiger partial charge in [0.1, 0.15) is 5.58 Å². The number of rotatable bonds is 6. The van der Waals surface area contributed by atoms with E-state index in [2.05, 4.69) is 210 Å². The highest BCUT2D eigenvalue weighted by Crippen LogP contribution is 2.49. The van der Waals surface area contributed by atoms with Gasteiger partial charge in [0.05, 0.1) is 27.1 Å². The maximum Gasteiger partial charge on any atom is 0.159 e. The predicted molar refractivity (Wildman–Crippen MR) is 247 cm³/mol. The van der Waals surface area contributed by atoms with E-state index in [1.807, 2.05) is 17.4 Å². The van der Waals surface area contributed by atoms with Crippen molar-refractivity contribution in [3.8, 4) is 27.9 Å². The Morgan fingerprint density at radius 3 is 1.90 bits per heavy atom. The average Bonchev–Trinajstić information content (AvgIpc) is 3.97. The summed E-state index contributed by atoms with van der Waals surface area (Å²) >= 11 is 1.85. The van der Waals surface area contributed by atoms with Crippen LogP contribution in [0.4, 0.5) is 17.1 Å². The van der Waals surface area contributed by atoms with Crippen molar-refractivity contribution in [1.29, 1.82) is 0 Å². The van der Waals surface area contributed by atoms with Crippen LogP contribution in [0.15, 0.2) is 211 Å². The first-order chi connectivity index (χ1) is 28.8. The van der Waals surface area contributed by atoms with E-state index in [0.717, 1.165) is 50.2 Å². The summed E-state index contributed by atoms with van der Waals surface area (Å²) < 4.78 is 11.7. The minimum atomic E-state index is 0.867. The van der Waals surface area contributed by atoms with E-state index in [-0.39, 0.29) is 0 Å². The zero-order chi connectivity index (χ0) is 38.2. The second-order valence-corrected chi connectivity index (χ2v) is 15.9. The van der Waals surface area contributed by atoms with E-state index in [4.69, 9.17) is 4.42 Å². The molecule has 0 N–H and O–H groups in total. The Morgan fingerprint density at radius 1 is 0.431 bits per heavy atom. The summed E-state index contributed by atoms with van der Waals surface area (Å²) in [6.45, 7) is 0. The number of benzene rings is 9. The monoisotopic (exact) mass is 758 g/mol. The third-order valence-corrected chi connectivity index (χ3v) is 12.8. The van der Waals surface area contributed by atoms with Crippen LogP contribution in [0.2, 0.25) is 0 Å². The molecule has 58 heavy (non-hydrogen) atoms. The number of hydrogen-bond donors (Lipinski definition) is 0. The van der Waals surface area contributed by atoms with Crippen LogP contribution in [0, 0.1) is 0 Å². The lowest BCUT2D eigenvalue weighted by Gasteiger charge is -2.26. The first-order valence-electron chi connectivity index (χ1n) is 19.7. The van der Waals surface area contributed by atoms with Gasteiger partial charge in [-0.05, 0) is 83.4 Å². The van der Waals surface area contributed by atoms with Gasteiger partial charge in [-0.2, -0.15) is 0 Å². The summed E-state index contributed by atoms with van der Waals surface area (Å²) in [6, 6.07) is 74.4. The first kappa shape index (κ1) is 32.8. The SMILES string of the molecule is c1ccc(-c2cc(-c3ccccc3)c3c(c2)c2cc(N(c4cccc5c4oc4ccccc45)c4cccc5c4sc4ccccc45)ccc2n3-c2ccccc2)cc1. The summed E-state index contributed by atoms with van der Waals surface area (Å²) in [4.78, 5) is 2.42. The Hall–Kier alpha value is -7.40. The highest BCUT2D eigenvalue weighted by Gasteiger charge is 2.25. The van der Waals surface area contributed by atoms with Crippen molar-refractivity contribution in [2.45, 2.75) is 0 Å². The van der Waals surface area contributed by atoms with Crippen LogP contribution in [-0.4, -0.2) is 4.57 Å². The number of nitrogens with zero attached hydrogens (tertiary/aromatic N) is 2. The van der Waals surface area contributed by atoms with Crippen LogP contribution in [0.25, 0.3) is 91.9 Å². The number of para-hydroxylation sites is 3. The van der Waals surface area contributed by atoms with Gasteiger partial charge >= 0.3 is 0 Å². The van der Waals surface area contributed by atoms with E-state index in [1.165, 1.54) is 58.7 Å². The zero-order valence-electron chi connectivity index (χ0n) is 31.3. The van der Waals surface area contributed by atoms with Crippen molar-refractivity contribution in [2.24, 2.45) is 0 Å². The van der Waals surface area contributed by atoms with Crippen LogP contribution >= 0.6 is 11.3 Å². The average molecular weight is 759 g/mol. The molecule has 0 atom stereocenters. The highest BCUT2D eigenvalue weighted by atomic mass is 32.1. The Balaban J connectivity index is 1.21. The lowest BCUT2D eigenvalue weighted by atomic mass is 9.95. The summed E-state index contributed by atoms with van der Waals surface area (Å²) in [5.41, 5.74) is 13.1. The van der Waals surface area contributed by atoms with E-state index in [9.17, 15) is 0 Å². The van der Waals surface area contributed by atoms with E-state index >= 15 is 0 Å². The molecule has 0 aliphatic rings. The number of anilines is 3. The number of furan rings is 1. The summed E-state index contributed by atoms with van der Waals surface area (Å²) in [5, 5.41) is 7.11. The Morgan fingerprint density at radius 2 is 1.09 bits per heavy atom. The fourth-order valence-electron chi connectivity index (χ4n) is 8.98. The molecule has 12 aromatic rings. The molecule has 0 bridgehead atoms. The molecular weight excluding hydrogens is 725 g/mol. The Labute approximate surface area is 338 Å². The molecule has 0 spiro atoms. The molecular formula is C54H34N2OS. The van der Waals surface area contributed by atoms with Crippen molar-refractivity contribution in [3.05, 3.63) is 206 Å². The molecule has 3 aromatic heterocycles. The van der Waals surface area contributed by atoms with Gasteiger partial charge < -0.3 is 13.9 Å². The predicted octanol–water partition coefficient (Wildman–Crippen LogP) is 15.9. The Kier molecular flexibility index (Phi) is 7.40. The van der Waals surface area contributed by atoms with Gasteiger partial charge in [-0.25, -0.2) is 0 Å². The van der Waals surface area contributed by atoms with Gasteiger partial charge in [-0.1, -0.05) is 140 Å². The molecule has 0 fully saturated rings. The number of aromatic nitrogens is 1. The molecule has 0 saturated carbocycles. The fourth-order valence-corrected chi connectivity index (χ4v) is 10.2. The third kappa shape index (κ3) is 5.05. The minimum absolute atomic E-state index is 0.867. The lowest BCUT2D eigenvalue weighted by Crippen LogP contribution is -2.10. The van der Waals surface area contributed by atoms with Gasteiger partial charge in [-0.3, -0.25) is 0 Å². The fraction of sp³-hybridized carbons (Fsp3) is 0. The molecule has 0 aliphatic heterocycles. The van der Waals surface area contributed by atoms with Crippen molar-refractivity contribution < 1.29 is 4.42 Å². The molecule has 0 aliphatic carbocycles.